The molecule has 2 aromatic rings. The first-order valence-electron chi connectivity index (χ1n) is 8.50. The van der Waals surface area contributed by atoms with E-state index < -0.39 is 0 Å². The molecule has 1 aromatic carbocycles. The van der Waals surface area contributed by atoms with Gasteiger partial charge in [-0.1, -0.05) is 12.1 Å². The molecular weight excluding hydrogens is 314 g/mol. The van der Waals surface area contributed by atoms with Gasteiger partial charge in [0.2, 0.25) is 5.91 Å². The molecule has 1 aliphatic rings. The molecule has 130 valence electrons. The fourth-order valence-electron chi connectivity index (χ4n) is 2.98. The molecule has 1 atom stereocenters. The van der Waals surface area contributed by atoms with Gasteiger partial charge in [-0.25, -0.2) is 0 Å². The molecule has 1 saturated heterocycles. The van der Waals surface area contributed by atoms with Crippen LogP contribution in [0, 0.1) is 5.92 Å². The van der Waals surface area contributed by atoms with Crippen LogP contribution in [-0.2, 0) is 4.79 Å². The van der Waals surface area contributed by atoms with Crippen LogP contribution in [-0.4, -0.2) is 37.6 Å². The van der Waals surface area contributed by atoms with E-state index in [-0.39, 0.29) is 5.91 Å². The van der Waals surface area contributed by atoms with Gasteiger partial charge >= 0.3 is 0 Å². The van der Waals surface area contributed by atoms with E-state index in [0.29, 0.717) is 12.5 Å². The summed E-state index contributed by atoms with van der Waals surface area (Å²) in [6.07, 6.45) is 6.05. The lowest BCUT2D eigenvalue weighted by Gasteiger charge is -2.19. The standard InChI is InChI=1S/C20H23N3O2/c1-25-19-7-4-6-18(13-19)23-12-10-16(15-23)14-22-20(24)9-8-17-5-2-3-11-21-17/h2-9,11,13,16H,10,12,14-15H2,1H3,(H,22,24)/b9-8-/t16-/m1/s1. The third-order valence-corrected chi connectivity index (χ3v) is 4.36. The molecule has 1 fully saturated rings. The second-order valence-electron chi connectivity index (χ2n) is 6.14. The molecule has 1 aliphatic heterocycles. The van der Waals surface area contributed by atoms with E-state index in [1.807, 2.05) is 30.3 Å². The van der Waals surface area contributed by atoms with E-state index in [2.05, 4.69) is 27.3 Å². The third kappa shape index (κ3) is 4.83. The van der Waals surface area contributed by atoms with Crippen molar-refractivity contribution >= 4 is 17.7 Å². The van der Waals surface area contributed by atoms with Crippen LogP contribution in [0.15, 0.2) is 54.7 Å². The molecule has 5 heteroatoms. The zero-order valence-corrected chi connectivity index (χ0v) is 14.4. The van der Waals surface area contributed by atoms with E-state index in [9.17, 15) is 4.79 Å². The average Bonchev–Trinajstić information content (AvgIpc) is 3.15. The monoisotopic (exact) mass is 337 g/mol. The molecule has 0 saturated carbocycles. The van der Waals surface area contributed by atoms with Gasteiger partial charge in [-0.05, 0) is 42.7 Å². The minimum absolute atomic E-state index is 0.0783. The van der Waals surface area contributed by atoms with E-state index in [4.69, 9.17) is 4.74 Å². The zero-order valence-electron chi connectivity index (χ0n) is 14.4. The Morgan fingerprint density at radius 3 is 3.08 bits per heavy atom. The molecule has 0 radical (unpaired) electrons. The average molecular weight is 337 g/mol. The van der Waals surface area contributed by atoms with Crippen LogP contribution in [0.2, 0.25) is 0 Å². The summed E-state index contributed by atoms with van der Waals surface area (Å²) in [4.78, 5) is 18.5. The number of nitrogens with zero attached hydrogens (tertiary/aromatic N) is 2. The number of methoxy groups -OCH3 is 1. The van der Waals surface area contributed by atoms with E-state index in [0.717, 1.165) is 31.0 Å². The van der Waals surface area contributed by atoms with Crippen LogP contribution in [0.1, 0.15) is 12.1 Å². The van der Waals surface area contributed by atoms with Crippen LogP contribution in [0.3, 0.4) is 0 Å². The Balaban J connectivity index is 1.46. The molecule has 1 amide bonds. The Kier molecular flexibility index (Phi) is 5.67. The first-order valence-corrected chi connectivity index (χ1v) is 8.50. The van der Waals surface area contributed by atoms with Crippen molar-refractivity contribution in [3.63, 3.8) is 0 Å². The lowest BCUT2D eigenvalue weighted by Crippen LogP contribution is -2.29. The van der Waals surface area contributed by atoms with E-state index >= 15 is 0 Å². The van der Waals surface area contributed by atoms with Crippen LogP contribution < -0.4 is 15.0 Å². The summed E-state index contributed by atoms with van der Waals surface area (Å²) < 4.78 is 5.29. The SMILES string of the molecule is COc1cccc(N2CC[C@H](CNC(=O)/C=C\c3ccccn3)C2)c1. The summed E-state index contributed by atoms with van der Waals surface area (Å²) in [5, 5.41) is 2.98. The molecule has 0 aliphatic carbocycles. The summed E-state index contributed by atoms with van der Waals surface area (Å²) in [5.41, 5.74) is 1.95. The van der Waals surface area contributed by atoms with Crippen molar-refractivity contribution in [2.75, 3.05) is 31.6 Å². The number of amides is 1. The Labute approximate surface area is 148 Å². The molecule has 2 heterocycles. The van der Waals surface area contributed by atoms with Gasteiger partial charge in [0, 0.05) is 43.7 Å². The first kappa shape index (κ1) is 17.0. The van der Waals surface area contributed by atoms with Crippen molar-refractivity contribution in [2.24, 2.45) is 5.92 Å². The fourth-order valence-corrected chi connectivity index (χ4v) is 2.98. The van der Waals surface area contributed by atoms with Crippen LogP contribution in [0.25, 0.3) is 6.08 Å². The summed E-state index contributed by atoms with van der Waals surface area (Å²) >= 11 is 0. The second-order valence-corrected chi connectivity index (χ2v) is 6.14. The minimum Gasteiger partial charge on any atom is -0.497 e. The highest BCUT2D eigenvalue weighted by Crippen LogP contribution is 2.26. The largest absolute Gasteiger partial charge is 0.497 e. The van der Waals surface area contributed by atoms with Crippen molar-refractivity contribution < 1.29 is 9.53 Å². The van der Waals surface area contributed by atoms with Crippen molar-refractivity contribution in [1.29, 1.82) is 0 Å². The number of rotatable bonds is 6. The second kappa shape index (κ2) is 8.33. The summed E-state index contributed by atoms with van der Waals surface area (Å²) in [7, 11) is 1.68. The van der Waals surface area contributed by atoms with Gasteiger partial charge < -0.3 is 15.0 Å². The number of nitrogens with one attached hydrogen (secondary N) is 1. The van der Waals surface area contributed by atoms with Crippen molar-refractivity contribution in [1.82, 2.24) is 10.3 Å². The van der Waals surface area contributed by atoms with Gasteiger partial charge in [-0.3, -0.25) is 9.78 Å². The molecule has 0 unspecified atom stereocenters. The quantitative estimate of drug-likeness (QED) is 0.824. The van der Waals surface area contributed by atoms with Crippen LogP contribution in [0.5, 0.6) is 5.75 Å². The molecule has 0 spiro atoms. The van der Waals surface area contributed by atoms with Gasteiger partial charge in [0.25, 0.3) is 0 Å². The molecule has 1 aromatic heterocycles. The van der Waals surface area contributed by atoms with Gasteiger partial charge in [0.15, 0.2) is 0 Å². The highest BCUT2D eigenvalue weighted by molar-refractivity contribution is 5.91. The summed E-state index contributed by atoms with van der Waals surface area (Å²) in [6, 6.07) is 13.7. The normalized spacial score (nSPS) is 17.0. The molecule has 0 bridgehead atoms. The number of carbonyl (C=O) groups is 1. The highest BCUT2D eigenvalue weighted by Gasteiger charge is 2.23. The Bertz CT molecular complexity index is 731. The smallest absolute Gasteiger partial charge is 0.244 e. The van der Waals surface area contributed by atoms with Crippen LogP contribution >= 0.6 is 0 Å². The van der Waals surface area contributed by atoms with Crippen molar-refractivity contribution in [3.05, 3.63) is 60.4 Å². The van der Waals surface area contributed by atoms with E-state index in [1.54, 1.807) is 19.4 Å². The van der Waals surface area contributed by atoms with Gasteiger partial charge in [-0.15, -0.1) is 0 Å². The predicted molar refractivity (Wildman–Crippen MR) is 99.6 cm³/mol. The molecule has 3 rings (SSSR count). The maximum absolute atomic E-state index is 12.0. The number of aromatic nitrogens is 1. The number of benzene rings is 1. The number of hydrogen-bond donors (Lipinski definition) is 1. The summed E-state index contributed by atoms with van der Waals surface area (Å²) in [6.45, 7) is 2.63. The van der Waals surface area contributed by atoms with Crippen LogP contribution in [0.4, 0.5) is 5.69 Å². The first-order chi connectivity index (χ1) is 12.2. The molecular formula is C20H23N3O2. The fraction of sp³-hybridized carbons (Fsp3) is 0.300. The Morgan fingerprint density at radius 1 is 1.36 bits per heavy atom. The molecule has 25 heavy (non-hydrogen) atoms. The molecule has 1 N–H and O–H groups in total. The van der Waals surface area contributed by atoms with Gasteiger partial charge in [-0.2, -0.15) is 0 Å². The summed E-state index contributed by atoms with van der Waals surface area (Å²) in [5.74, 6) is 1.25. The number of ether oxygens (including phenoxy) is 1. The van der Waals surface area contributed by atoms with Crippen molar-refractivity contribution in [2.45, 2.75) is 6.42 Å². The Hall–Kier alpha value is -2.82. The zero-order chi connectivity index (χ0) is 17.5. The third-order valence-electron chi connectivity index (χ3n) is 4.36. The number of hydrogen-bond acceptors (Lipinski definition) is 4. The lowest BCUT2D eigenvalue weighted by atomic mass is 10.1. The highest BCUT2D eigenvalue weighted by atomic mass is 16.5. The number of pyridine rings is 1. The van der Waals surface area contributed by atoms with E-state index in [1.165, 1.54) is 11.8 Å². The van der Waals surface area contributed by atoms with Crippen molar-refractivity contribution in [3.8, 4) is 5.75 Å². The maximum atomic E-state index is 12.0. The van der Waals surface area contributed by atoms with Gasteiger partial charge in [0.05, 0.1) is 12.8 Å². The maximum Gasteiger partial charge on any atom is 0.244 e. The topological polar surface area (TPSA) is 54.5 Å². The number of anilines is 1. The lowest BCUT2D eigenvalue weighted by molar-refractivity contribution is -0.116. The van der Waals surface area contributed by atoms with Gasteiger partial charge in [0.1, 0.15) is 5.75 Å². The predicted octanol–water partition coefficient (Wildman–Crippen LogP) is 2.75. The minimum atomic E-state index is -0.0783. The molecule has 5 nitrogen and oxygen atoms in total. The Morgan fingerprint density at radius 2 is 2.28 bits per heavy atom. The number of carbonyl (C=O) groups excluding carboxylic acids is 1.